The molecule has 2 aliphatic rings. The summed E-state index contributed by atoms with van der Waals surface area (Å²) in [5.74, 6) is 0. The average Bonchev–Trinajstić information content (AvgIpc) is 2.62. The van der Waals surface area contributed by atoms with Gasteiger partial charge in [-0.15, -0.1) is 0 Å². The fraction of sp³-hybridized carbons (Fsp3) is 1.00. The van der Waals surface area contributed by atoms with Gasteiger partial charge in [-0.25, -0.2) is 0 Å². The van der Waals surface area contributed by atoms with Gasteiger partial charge in [0.15, 0.2) is 0 Å². The second kappa shape index (κ2) is 8.89. The first-order valence-electron chi connectivity index (χ1n) is 7.70. The predicted molar refractivity (Wildman–Crippen MR) is 80.2 cm³/mol. The van der Waals surface area contributed by atoms with E-state index in [0.717, 1.165) is 6.04 Å². The molecule has 3 nitrogen and oxygen atoms in total. The Morgan fingerprint density at radius 2 is 1.00 bits per heavy atom. The molecule has 2 saturated heterocycles. The third kappa shape index (κ3) is 6.72. The highest BCUT2D eigenvalue weighted by atomic mass is 15.2. The SMILES string of the molecule is CC(C)N1CCCCCC1.CN1CCN(C)CC1. The molecule has 108 valence electrons. The summed E-state index contributed by atoms with van der Waals surface area (Å²) in [5, 5.41) is 0. The second-order valence-corrected chi connectivity index (χ2v) is 6.15. The largest absolute Gasteiger partial charge is 0.304 e. The maximum Gasteiger partial charge on any atom is 0.0107 e. The van der Waals surface area contributed by atoms with Crippen LogP contribution in [0, 0.1) is 0 Å². The Morgan fingerprint density at radius 1 is 0.611 bits per heavy atom. The number of piperazine rings is 1. The summed E-state index contributed by atoms with van der Waals surface area (Å²) in [6, 6.07) is 0.762. The summed E-state index contributed by atoms with van der Waals surface area (Å²) >= 11 is 0. The lowest BCUT2D eigenvalue weighted by Crippen LogP contribution is -2.42. The number of hydrogen-bond donors (Lipinski definition) is 0. The Hall–Kier alpha value is -0.120. The van der Waals surface area contributed by atoms with Crippen LogP contribution in [0.25, 0.3) is 0 Å². The van der Waals surface area contributed by atoms with Crippen molar-refractivity contribution in [1.29, 1.82) is 0 Å². The third-order valence-electron chi connectivity index (χ3n) is 4.10. The minimum atomic E-state index is 0.762. The molecule has 0 saturated carbocycles. The van der Waals surface area contributed by atoms with Crippen molar-refractivity contribution < 1.29 is 0 Å². The van der Waals surface area contributed by atoms with Crippen LogP contribution in [0.15, 0.2) is 0 Å². The topological polar surface area (TPSA) is 9.72 Å². The highest BCUT2D eigenvalue weighted by Crippen LogP contribution is 2.11. The molecule has 0 bridgehead atoms. The van der Waals surface area contributed by atoms with E-state index in [2.05, 4.69) is 42.6 Å². The zero-order chi connectivity index (χ0) is 13.4. The normalized spacial score (nSPS) is 24.5. The molecule has 0 aromatic heterocycles. The van der Waals surface area contributed by atoms with Crippen molar-refractivity contribution in [3.63, 3.8) is 0 Å². The zero-order valence-electron chi connectivity index (χ0n) is 13.0. The Bertz CT molecular complexity index is 180. The van der Waals surface area contributed by atoms with Gasteiger partial charge in [-0.3, -0.25) is 0 Å². The molecule has 0 aromatic carbocycles. The quantitative estimate of drug-likeness (QED) is 0.711. The van der Waals surface area contributed by atoms with Gasteiger partial charge in [0, 0.05) is 32.2 Å². The monoisotopic (exact) mass is 255 g/mol. The van der Waals surface area contributed by atoms with E-state index in [1.54, 1.807) is 0 Å². The molecule has 0 atom stereocenters. The van der Waals surface area contributed by atoms with Gasteiger partial charge < -0.3 is 14.7 Å². The molecule has 3 heteroatoms. The minimum Gasteiger partial charge on any atom is -0.304 e. The van der Waals surface area contributed by atoms with Crippen LogP contribution in [0.2, 0.25) is 0 Å². The van der Waals surface area contributed by atoms with Crippen molar-refractivity contribution in [1.82, 2.24) is 14.7 Å². The lowest BCUT2D eigenvalue weighted by molar-refractivity contribution is 0.181. The van der Waals surface area contributed by atoms with E-state index in [-0.39, 0.29) is 0 Å². The van der Waals surface area contributed by atoms with Gasteiger partial charge in [0.25, 0.3) is 0 Å². The average molecular weight is 255 g/mol. The molecule has 18 heavy (non-hydrogen) atoms. The maximum absolute atomic E-state index is 2.59. The van der Waals surface area contributed by atoms with E-state index >= 15 is 0 Å². The van der Waals surface area contributed by atoms with Gasteiger partial charge in [0.1, 0.15) is 0 Å². The van der Waals surface area contributed by atoms with Crippen LogP contribution in [0.5, 0.6) is 0 Å². The Balaban J connectivity index is 0.000000184. The summed E-state index contributed by atoms with van der Waals surface area (Å²) < 4.78 is 0. The van der Waals surface area contributed by atoms with Gasteiger partial charge in [-0.05, 0) is 53.9 Å². The van der Waals surface area contributed by atoms with Gasteiger partial charge in [-0.2, -0.15) is 0 Å². The summed E-state index contributed by atoms with van der Waals surface area (Å²) in [6.45, 7) is 12.2. The third-order valence-corrected chi connectivity index (χ3v) is 4.10. The molecule has 0 aliphatic carbocycles. The Morgan fingerprint density at radius 3 is 1.33 bits per heavy atom. The van der Waals surface area contributed by atoms with Crippen molar-refractivity contribution in [2.24, 2.45) is 0 Å². The standard InChI is InChI=1S/C9H19N.C6H14N2/c1-9(2)10-7-5-3-4-6-8-10;1-7-3-5-8(2)6-4-7/h9H,3-8H2,1-2H3;3-6H2,1-2H3. The van der Waals surface area contributed by atoms with Gasteiger partial charge in [0.2, 0.25) is 0 Å². The fourth-order valence-electron chi connectivity index (χ4n) is 2.52. The van der Waals surface area contributed by atoms with E-state index < -0.39 is 0 Å². The van der Waals surface area contributed by atoms with Crippen LogP contribution in [0.1, 0.15) is 39.5 Å². The van der Waals surface area contributed by atoms with E-state index in [1.807, 2.05) is 0 Å². The second-order valence-electron chi connectivity index (χ2n) is 6.15. The molecule has 0 N–H and O–H groups in total. The van der Waals surface area contributed by atoms with Gasteiger partial charge in [0.05, 0.1) is 0 Å². The van der Waals surface area contributed by atoms with Crippen molar-refractivity contribution in [2.45, 2.75) is 45.6 Å². The molecule has 2 heterocycles. The lowest BCUT2D eigenvalue weighted by Gasteiger charge is -2.28. The van der Waals surface area contributed by atoms with Crippen LogP contribution in [0.3, 0.4) is 0 Å². The van der Waals surface area contributed by atoms with Crippen LogP contribution in [-0.2, 0) is 0 Å². The number of likely N-dealkylation sites (N-methyl/N-ethyl adjacent to an activating group) is 2. The molecule has 0 spiro atoms. The Kier molecular flexibility index (Phi) is 7.87. The van der Waals surface area contributed by atoms with Crippen LogP contribution in [-0.4, -0.2) is 74.1 Å². The molecule has 2 aliphatic heterocycles. The highest BCUT2D eigenvalue weighted by molar-refractivity contribution is 4.66. The lowest BCUT2D eigenvalue weighted by atomic mass is 10.2. The molecule has 2 rings (SSSR count). The summed E-state index contributed by atoms with van der Waals surface area (Å²) in [4.78, 5) is 7.31. The first kappa shape index (κ1) is 15.9. The Labute approximate surface area is 114 Å². The van der Waals surface area contributed by atoms with Crippen molar-refractivity contribution in [3.05, 3.63) is 0 Å². The van der Waals surface area contributed by atoms with E-state index in [4.69, 9.17) is 0 Å². The minimum absolute atomic E-state index is 0.762. The first-order chi connectivity index (χ1) is 8.59. The molecule has 0 aromatic rings. The molecule has 0 radical (unpaired) electrons. The fourth-order valence-corrected chi connectivity index (χ4v) is 2.52. The first-order valence-corrected chi connectivity index (χ1v) is 7.70. The molecular weight excluding hydrogens is 222 g/mol. The van der Waals surface area contributed by atoms with Crippen LogP contribution in [0.4, 0.5) is 0 Å². The summed E-state index contributed by atoms with van der Waals surface area (Å²) in [7, 11) is 4.35. The predicted octanol–water partition coefficient (Wildman–Crippen LogP) is 2.13. The van der Waals surface area contributed by atoms with Crippen molar-refractivity contribution in [3.8, 4) is 0 Å². The van der Waals surface area contributed by atoms with Crippen molar-refractivity contribution in [2.75, 3.05) is 53.4 Å². The van der Waals surface area contributed by atoms with Crippen LogP contribution >= 0.6 is 0 Å². The van der Waals surface area contributed by atoms with E-state index in [0.29, 0.717) is 0 Å². The van der Waals surface area contributed by atoms with Gasteiger partial charge in [-0.1, -0.05) is 12.8 Å². The van der Waals surface area contributed by atoms with Crippen LogP contribution < -0.4 is 0 Å². The molecule has 0 amide bonds. The van der Waals surface area contributed by atoms with E-state index in [9.17, 15) is 0 Å². The molecule has 2 fully saturated rings. The van der Waals surface area contributed by atoms with Gasteiger partial charge >= 0.3 is 0 Å². The summed E-state index contributed by atoms with van der Waals surface area (Å²) in [5.41, 5.74) is 0. The summed E-state index contributed by atoms with van der Waals surface area (Å²) in [6.07, 6.45) is 5.72. The molecular formula is C15H33N3. The zero-order valence-corrected chi connectivity index (χ0v) is 13.0. The maximum atomic E-state index is 2.59. The number of hydrogen-bond acceptors (Lipinski definition) is 3. The molecule has 0 unspecified atom stereocenters. The highest BCUT2D eigenvalue weighted by Gasteiger charge is 2.10. The number of rotatable bonds is 1. The smallest absolute Gasteiger partial charge is 0.0107 e. The van der Waals surface area contributed by atoms with Crippen molar-refractivity contribution >= 4 is 0 Å². The number of nitrogens with zero attached hydrogens (tertiary/aromatic N) is 3. The number of likely N-dealkylation sites (tertiary alicyclic amines) is 1. The van der Waals surface area contributed by atoms with E-state index in [1.165, 1.54) is 65.0 Å².